The van der Waals surface area contributed by atoms with Gasteiger partial charge in [0.2, 0.25) is 5.91 Å². The molecule has 2 aromatic rings. The number of carbonyl (C=O) groups excluding carboxylic acids is 2. The predicted molar refractivity (Wildman–Crippen MR) is 87.4 cm³/mol. The summed E-state index contributed by atoms with van der Waals surface area (Å²) >= 11 is 0. The third-order valence-corrected chi connectivity index (χ3v) is 3.79. The predicted octanol–water partition coefficient (Wildman–Crippen LogP) is 1.34. The van der Waals surface area contributed by atoms with Crippen LogP contribution in [0.3, 0.4) is 0 Å². The van der Waals surface area contributed by atoms with Gasteiger partial charge in [-0.3, -0.25) is 14.5 Å². The minimum Gasteiger partial charge on any atom is -0.482 e. The van der Waals surface area contributed by atoms with Gasteiger partial charge in [0.25, 0.3) is 5.91 Å². The molecule has 0 spiro atoms. The number of ether oxygens (including phenoxy) is 1. The van der Waals surface area contributed by atoms with Crippen molar-refractivity contribution in [1.82, 2.24) is 5.32 Å². The second-order valence-corrected chi connectivity index (χ2v) is 5.64. The molecular weight excluding hydrogens is 310 g/mol. The first kappa shape index (κ1) is 16.1. The van der Waals surface area contributed by atoms with Crippen molar-refractivity contribution in [3.05, 3.63) is 47.9 Å². The van der Waals surface area contributed by atoms with E-state index in [0.717, 1.165) is 5.56 Å². The standard InChI is InChI=1S/C17H19N3O4/c1-11(18)12-4-5-15-14(7-12)20(17(22)10-24-15)9-16(21)19-8-13-3-2-6-23-13/h2-7,11H,8-10,18H2,1H3,(H,19,21). The van der Waals surface area contributed by atoms with E-state index in [1.54, 1.807) is 30.5 Å². The number of amides is 2. The maximum Gasteiger partial charge on any atom is 0.265 e. The van der Waals surface area contributed by atoms with Crippen molar-refractivity contribution in [2.45, 2.75) is 19.5 Å². The van der Waals surface area contributed by atoms with Crippen LogP contribution in [0.5, 0.6) is 5.75 Å². The van der Waals surface area contributed by atoms with Gasteiger partial charge in [0.1, 0.15) is 18.1 Å². The van der Waals surface area contributed by atoms with Crippen LogP contribution in [0.25, 0.3) is 0 Å². The molecule has 0 fully saturated rings. The van der Waals surface area contributed by atoms with Gasteiger partial charge in [0.15, 0.2) is 6.61 Å². The zero-order valence-corrected chi connectivity index (χ0v) is 13.3. The van der Waals surface area contributed by atoms with Crippen molar-refractivity contribution in [3.63, 3.8) is 0 Å². The number of rotatable bonds is 5. The Balaban J connectivity index is 1.74. The van der Waals surface area contributed by atoms with E-state index in [1.807, 2.05) is 13.0 Å². The average Bonchev–Trinajstić information content (AvgIpc) is 3.08. The Morgan fingerprint density at radius 2 is 2.25 bits per heavy atom. The van der Waals surface area contributed by atoms with E-state index in [0.29, 0.717) is 17.2 Å². The molecule has 0 saturated carbocycles. The summed E-state index contributed by atoms with van der Waals surface area (Å²) in [6.07, 6.45) is 1.54. The fourth-order valence-corrected chi connectivity index (χ4v) is 2.47. The van der Waals surface area contributed by atoms with Gasteiger partial charge in [0.05, 0.1) is 18.5 Å². The number of hydrogen-bond donors (Lipinski definition) is 2. The second-order valence-electron chi connectivity index (χ2n) is 5.64. The molecule has 1 unspecified atom stereocenters. The molecule has 3 N–H and O–H groups in total. The Bertz CT molecular complexity index is 740. The Kier molecular flexibility index (Phi) is 4.52. The smallest absolute Gasteiger partial charge is 0.265 e. The highest BCUT2D eigenvalue weighted by atomic mass is 16.5. The van der Waals surface area contributed by atoms with Gasteiger partial charge in [-0.2, -0.15) is 0 Å². The van der Waals surface area contributed by atoms with Gasteiger partial charge in [-0.25, -0.2) is 0 Å². The van der Waals surface area contributed by atoms with Crippen LogP contribution in [0.2, 0.25) is 0 Å². The highest BCUT2D eigenvalue weighted by molar-refractivity contribution is 6.02. The molecule has 7 heteroatoms. The molecule has 24 heavy (non-hydrogen) atoms. The van der Waals surface area contributed by atoms with E-state index in [-0.39, 0.29) is 37.6 Å². The summed E-state index contributed by atoms with van der Waals surface area (Å²) in [5, 5.41) is 2.73. The highest BCUT2D eigenvalue weighted by Crippen LogP contribution is 2.34. The van der Waals surface area contributed by atoms with E-state index in [1.165, 1.54) is 4.90 Å². The van der Waals surface area contributed by atoms with Crippen LogP contribution in [0.4, 0.5) is 5.69 Å². The van der Waals surface area contributed by atoms with Crippen LogP contribution in [0, 0.1) is 0 Å². The maximum atomic E-state index is 12.2. The number of carbonyl (C=O) groups is 2. The summed E-state index contributed by atoms with van der Waals surface area (Å²) in [4.78, 5) is 25.8. The largest absolute Gasteiger partial charge is 0.482 e. The SMILES string of the molecule is CC(N)c1ccc2c(c1)N(CC(=O)NCc1ccco1)C(=O)CO2. The van der Waals surface area contributed by atoms with Gasteiger partial charge in [-0.05, 0) is 36.8 Å². The first-order valence-corrected chi connectivity index (χ1v) is 7.66. The summed E-state index contributed by atoms with van der Waals surface area (Å²) in [6, 6.07) is 8.75. The van der Waals surface area contributed by atoms with Crippen LogP contribution in [0.1, 0.15) is 24.3 Å². The van der Waals surface area contributed by atoms with Crippen molar-refractivity contribution >= 4 is 17.5 Å². The Morgan fingerprint density at radius 3 is 2.96 bits per heavy atom. The van der Waals surface area contributed by atoms with Crippen molar-refractivity contribution in [2.24, 2.45) is 5.73 Å². The summed E-state index contributed by atoms with van der Waals surface area (Å²) in [6.45, 7) is 1.96. The molecule has 0 aliphatic carbocycles. The summed E-state index contributed by atoms with van der Waals surface area (Å²) in [5.41, 5.74) is 7.33. The molecule has 1 aliphatic rings. The Labute approximate surface area is 139 Å². The molecule has 1 aromatic heterocycles. The zero-order valence-electron chi connectivity index (χ0n) is 13.3. The fourth-order valence-electron chi connectivity index (χ4n) is 2.47. The molecule has 7 nitrogen and oxygen atoms in total. The summed E-state index contributed by atoms with van der Waals surface area (Å²) in [7, 11) is 0. The summed E-state index contributed by atoms with van der Waals surface area (Å²) < 4.78 is 10.6. The molecule has 2 amide bonds. The summed E-state index contributed by atoms with van der Waals surface area (Å²) in [5.74, 6) is 0.672. The highest BCUT2D eigenvalue weighted by Gasteiger charge is 2.27. The van der Waals surface area contributed by atoms with Crippen molar-refractivity contribution < 1.29 is 18.7 Å². The van der Waals surface area contributed by atoms with E-state index in [9.17, 15) is 9.59 Å². The first-order chi connectivity index (χ1) is 11.5. The molecule has 0 saturated heterocycles. The minimum atomic E-state index is -0.279. The molecule has 126 valence electrons. The van der Waals surface area contributed by atoms with Crippen LogP contribution < -0.4 is 20.7 Å². The average molecular weight is 329 g/mol. The second kappa shape index (κ2) is 6.76. The lowest BCUT2D eigenvalue weighted by atomic mass is 10.1. The van der Waals surface area contributed by atoms with E-state index in [4.69, 9.17) is 14.9 Å². The number of anilines is 1. The lowest BCUT2D eigenvalue weighted by Gasteiger charge is -2.29. The van der Waals surface area contributed by atoms with Gasteiger partial charge in [-0.1, -0.05) is 6.07 Å². The van der Waals surface area contributed by atoms with E-state index >= 15 is 0 Å². The van der Waals surface area contributed by atoms with Crippen LogP contribution in [-0.4, -0.2) is 25.0 Å². The fraction of sp³-hybridized carbons (Fsp3) is 0.294. The van der Waals surface area contributed by atoms with E-state index < -0.39 is 0 Å². The maximum absolute atomic E-state index is 12.2. The first-order valence-electron chi connectivity index (χ1n) is 7.66. The number of fused-ring (bicyclic) bond motifs is 1. The number of nitrogens with zero attached hydrogens (tertiary/aromatic N) is 1. The topological polar surface area (TPSA) is 97.8 Å². The van der Waals surface area contributed by atoms with Crippen molar-refractivity contribution in [1.29, 1.82) is 0 Å². The lowest BCUT2D eigenvalue weighted by molar-refractivity contribution is -0.125. The number of nitrogens with one attached hydrogen (secondary N) is 1. The van der Waals surface area contributed by atoms with Crippen LogP contribution in [0.15, 0.2) is 41.0 Å². The third-order valence-electron chi connectivity index (χ3n) is 3.79. The number of furan rings is 1. The molecule has 1 aliphatic heterocycles. The number of benzene rings is 1. The molecule has 3 rings (SSSR count). The molecular formula is C17H19N3O4. The minimum absolute atomic E-state index is 0.0850. The van der Waals surface area contributed by atoms with Gasteiger partial charge in [0, 0.05) is 6.04 Å². The molecule has 1 atom stereocenters. The lowest BCUT2D eigenvalue weighted by Crippen LogP contribution is -2.45. The van der Waals surface area contributed by atoms with Gasteiger partial charge < -0.3 is 20.2 Å². The quantitative estimate of drug-likeness (QED) is 0.863. The molecule has 0 radical (unpaired) electrons. The molecule has 0 bridgehead atoms. The monoisotopic (exact) mass is 329 g/mol. The third kappa shape index (κ3) is 3.41. The number of nitrogens with two attached hydrogens (primary N) is 1. The molecule has 1 aromatic carbocycles. The van der Waals surface area contributed by atoms with E-state index in [2.05, 4.69) is 5.32 Å². The van der Waals surface area contributed by atoms with Gasteiger partial charge in [-0.15, -0.1) is 0 Å². The van der Waals surface area contributed by atoms with Crippen molar-refractivity contribution in [3.8, 4) is 5.75 Å². The zero-order chi connectivity index (χ0) is 17.1. The molecule has 2 heterocycles. The number of hydrogen-bond acceptors (Lipinski definition) is 5. The normalized spacial score (nSPS) is 14.8. The van der Waals surface area contributed by atoms with Crippen LogP contribution in [-0.2, 0) is 16.1 Å². The Morgan fingerprint density at radius 1 is 1.42 bits per heavy atom. The Hall–Kier alpha value is -2.80. The van der Waals surface area contributed by atoms with Gasteiger partial charge >= 0.3 is 0 Å². The van der Waals surface area contributed by atoms with Crippen molar-refractivity contribution in [2.75, 3.05) is 18.1 Å². The van der Waals surface area contributed by atoms with Crippen LogP contribution >= 0.6 is 0 Å².